The van der Waals surface area contributed by atoms with Crippen molar-refractivity contribution in [2.45, 2.75) is 6.54 Å². The third-order valence-corrected chi connectivity index (χ3v) is 5.33. The molecule has 0 aliphatic carbocycles. The first-order valence-corrected chi connectivity index (χ1v) is 8.91. The van der Waals surface area contributed by atoms with Crippen molar-refractivity contribution >= 4 is 28.6 Å². The van der Waals surface area contributed by atoms with Gasteiger partial charge in [0.25, 0.3) is 5.91 Å². The van der Waals surface area contributed by atoms with E-state index in [1.165, 1.54) is 11.3 Å². The number of carbonyl (C=O) groups excluding carboxylic acids is 1. The van der Waals surface area contributed by atoms with E-state index in [0.717, 1.165) is 15.4 Å². The topological polar surface area (TPSA) is 33.2 Å². The van der Waals surface area contributed by atoms with Gasteiger partial charge in [0.15, 0.2) is 0 Å². The highest BCUT2D eigenvalue weighted by Gasteiger charge is 2.18. The number of benzene rings is 1. The Balaban J connectivity index is 1.79. The van der Waals surface area contributed by atoms with Gasteiger partial charge < -0.3 is 4.90 Å². The molecule has 1 amide bonds. The fraction of sp³-hybridized carbons (Fsp3) is 0.111. The lowest BCUT2D eigenvalue weighted by molar-refractivity contribution is 0.0767. The van der Waals surface area contributed by atoms with E-state index in [-0.39, 0.29) is 5.91 Å². The van der Waals surface area contributed by atoms with E-state index in [1.807, 2.05) is 47.8 Å². The van der Waals surface area contributed by atoms with Gasteiger partial charge in [0.05, 0.1) is 11.1 Å². The van der Waals surface area contributed by atoms with Gasteiger partial charge in [-0.05, 0) is 17.0 Å². The lowest BCUT2D eigenvalue weighted by Crippen LogP contribution is -2.30. The van der Waals surface area contributed by atoms with Crippen molar-refractivity contribution in [2.24, 2.45) is 0 Å². The fourth-order valence-corrected chi connectivity index (χ4v) is 3.91. The third-order valence-electron chi connectivity index (χ3n) is 3.30. The number of thiazole rings is 1. The Labute approximate surface area is 143 Å². The van der Waals surface area contributed by atoms with Gasteiger partial charge in [-0.25, -0.2) is 4.98 Å². The molecule has 116 valence electrons. The van der Waals surface area contributed by atoms with Crippen LogP contribution in [0.2, 0.25) is 0 Å². The SMILES string of the molecule is C=CCN(Cc1ccccc1)C(=O)c1cnc(-c2cccs2)s1. The quantitative estimate of drug-likeness (QED) is 0.609. The molecule has 23 heavy (non-hydrogen) atoms. The Morgan fingerprint density at radius 2 is 2.04 bits per heavy atom. The smallest absolute Gasteiger partial charge is 0.266 e. The zero-order valence-corrected chi connectivity index (χ0v) is 14.1. The van der Waals surface area contributed by atoms with Crippen molar-refractivity contribution in [3.63, 3.8) is 0 Å². The summed E-state index contributed by atoms with van der Waals surface area (Å²) in [5, 5.41) is 2.90. The van der Waals surface area contributed by atoms with Gasteiger partial charge in [-0.2, -0.15) is 0 Å². The summed E-state index contributed by atoms with van der Waals surface area (Å²) < 4.78 is 0. The molecule has 0 fully saturated rings. The predicted octanol–water partition coefficient (Wildman–Crippen LogP) is 4.70. The summed E-state index contributed by atoms with van der Waals surface area (Å²) in [6.45, 7) is 4.84. The minimum atomic E-state index is -0.00550. The zero-order chi connectivity index (χ0) is 16.1. The monoisotopic (exact) mass is 340 g/mol. The Hall–Kier alpha value is -2.24. The van der Waals surface area contributed by atoms with E-state index in [4.69, 9.17) is 0 Å². The van der Waals surface area contributed by atoms with E-state index >= 15 is 0 Å². The highest BCUT2D eigenvalue weighted by atomic mass is 32.1. The second kappa shape index (κ2) is 7.35. The summed E-state index contributed by atoms with van der Waals surface area (Å²) in [6.07, 6.45) is 3.42. The molecule has 3 nitrogen and oxygen atoms in total. The molecule has 3 rings (SSSR count). The summed E-state index contributed by atoms with van der Waals surface area (Å²) in [7, 11) is 0. The van der Waals surface area contributed by atoms with Crippen molar-refractivity contribution in [1.29, 1.82) is 0 Å². The first-order chi connectivity index (χ1) is 11.3. The summed E-state index contributed by atoms with van der Waals surface area (Å²) in [5.74, 6) is -0.00550. The molecule has 3 aromatic rings. The molecule has 0 bridgehead atoms. The van der Waals surface area contributed by atoms with E-state index in [1.54, 1.807) is 28.5 Å². The van der Waals surface area contributed by atoms with Crippen molar-refractivity contribution in [3.05, 3.63) is 77.1 Å². The average Bonchev–Trinajstić information content (AvgIpc) is 3.26. The van der Waals surface area contributed by atoms with E-state index in [2.05, 4.69) is 11.6 Å². The van der Waals surface area contributed by atoms with Gasteiger partial charge >= 0.3 is 0 Å². The molecule has 0 N–H and O–H groups in total. The van der Waals surface area contributed by atoms with Gasteiger partial charge in [0, 0.05) is 13.1 Å². The fourth-order valence-electron chi connectivity index (χ4n) is 2.22. The van der Waals surface area contributed by atoms with Crippen LogP contribution >= 0.6 is 22.7 Å². The lowest BCUT2D eigenvalue weighted by atomic mass is 10.2. The van der Waals surface area contributed by atoms with Crippen molar-refractivity contribution < 1.29 is 4.79 Å². The highest BCUT2D eigenvalue weighted by Crippen LogP contribution is 2.29. The van der Waals surface area contributed by atoms with Crippen LogP contribution in [0.1, 0.15) is 15.2 Å². The maximum Gasteiger partial charge on any atom is 0.266 e. The maximum atomic E-state index is 12.8. The number of carbonyl (C=O) groups is 1. The lowest BCUT2D eigenvalue weighted by Gasteiger charge is -2.20. The van der Waals surface area contributed by atoms with Crippen LogP contribution in [0, 0.1) is 0 Å². The largest absolute Gasteiger partial charge is 0.330 e. The summed E-state index contributed by atoms with van der Waals surface area (Å²) >= 11 is 3.07. The maximum absolute atomic E-state index is 12.8. The normalized spacial score (nSPS) is 10.4. The molecule has 1 aromatic carbocycles. The molecule has 0 aliphatic heterocycles. The van der Waals surface area contributed by atoms with Gasteiger partial charge in [-0.3, -0.25) is 4.79 Å². The molecule has 2 aromatic heterocycles. The summed E-state index contributed by atoms with van der Waals surface area (Å²) in [5.41, 5.74) is 1.10. The Kier molecular flexibility index (Phi) is 5.00. The molecular formula is C18H16N2OS2. The van der Waals surface area contributed by atoms with Crippen molar-refractivity contribution in [3.8, 4) is 9.88 Å². The molecular weight excluding hydrogens is 324 g/mol. The Morgan fingerprint density at radius 1 is 1.22 bits per heavy atom. The van der Waals surface area contributed by atoms with Crippen LogP contribution in [0.25, 0.3) is 9.88 Å². The molecule has 0 spiro atoms. The van der Waals surface area contributed by atoms with Gasteiger partial charge in [0.1, 0.15) is 9.88 Å². The molecule has 0 atom stereocenters. The Bertz CT molecular complexity index is 778. The minimum absolute atomic E-state index is 0.00550. The first-order valence-electron chi connectivity index (χ1n) is 7.21. The molecule has 5 heteroatoms. The van der Waals surface area contributed by atoms with E-state index in [0.29, 0.717) is 18.0 Å². The summed E-state index contributed by atoms with van der Waals surface area (Å²) in [4.78, 5) is 20.7. The average molecular weight is 340 g/mol. The third kappa shape index (κ3) is 3.75. The second-order valence-electron chi connectivity index (χ2n) is 4.97. The number of aromatic nitrogens is 1. The highest BCUT2D eigenvalue weighted by molar-refractivity contribution is 7.21. The molecule has 0 aliphatic rings. The number of amides is 1. The van der Waals surface area contributed by atoms with Crippen LogP contribution in [0.4, 0.5) is 0 Å². The van der Waals surface area contributed by atoms with Crippen LogP contribution in [-0.2, 0) is 6.54 Å². The van der Waals surface area contributed by atoms with Crippen LogP contribution in [-0.4, -0.2) is 22.3 Å². The molecule has 0 saturated carbocycles. The van der Waals surface area contributed by atoms with Crippen LogP contribution < -0.4 is 0 Å². The molecule has 0 saturated heterocycles. The molecule has 0 unspecified atom stereocenters. The first kappa shape index (κ1) is 15.6. The zero-order valence-electron chi connectivity index (χ0n) is 12.5. The second-order valence-corrected chi connectivity index (χ2v) is 6.95. The van der Waals surface area contributed by atoms with Crippen LogP contribution in [0.15, 0.2) is 66.7 Å². The van der Waals surface area contributed by atoms with Crippen LogP contribution in [0.3, 0.4) is 0 Å². The molecule has 0 radical (unpaired) electrons. The number of hydrogen-bond acceptors (Lipinski definition) is 4. The number of thiophene rings is 1. The van der Waals surface area contributed by atoms with Gasteiger partial charge in [-0.1, -0.05) is 42.5 Å². The molecule has 2 heterocycles. The number of hydrogen-bond donors (Lipinski definition) is 0. The van der Waals surface area contributed by atoms with E-state index in [9.17, 15) is 4.79 Å². The van der Waals surface area contributed by atoms with Gasteiger partial charge in [0.2, 0.25) is 0 Å². The number of rotatable bonds is 6. The minimum Gasteiger partial charge on any atom is -0.330 e. The van der Waals surface area contributed by atoms with Crippen molar-refractivity contribution in [1.82, 2.24) is 9.88 Å². The van der Waals surface area contributed by atoms with E-state index < -0.39 is 0 Å². The Morgan fingerprint density at radius 3 is 2.74 bits per heavy atom. The van der Waals surface area contributed by atoms with Crippen molar-refractivity contribution in [2.75, 3.05) is 6.54 Å². The van der Waals surface area contributed by atoms with Crippen LogP contribution in [0.5, 0.6) is 0 Å². The standard InChI is InChI=1S/C18H16N2OS2/c1-2-10-20(13-14-7-4-3-5-8-14)18(21)16-12-19-17(23-16)15-9-6-11-22-15/h2-9,11-12H,1,10,13H2. The van der Waals surface area contributed by atoms with Gasteiger partial charge in [-0.15, -0.1) is 29.3 Å². The predicted molar refractivity (Wildman–Crippen MR) is 96.8 cm³/mol. The number of nitrogens with zero attached hydrogens (tertiary/aromatic N) is 2. The summed E-state index contributed by atoms with van der Waals surface area (Å²) in [6, 6.07) is 14.0.